The van der Waals surface area contributed by atoms with Crippen molar-refractivity contribution in [1.82, 2.24) is 5.32 Å². The molecule has 0 fully saturated rings. The molecule has 9 heteroatoms. The van der Waals surface area contributed by atoms with Crippen LogP contribution in [0, 0.1) is 0 Å². The topological polar surface area (TPSA) is 84.5 Å². The first-order chi connectivity index (χ1) is 13.1. The van der Waals surface area contributed by atoms with Crippen LogP contribution in [0.4, 0.5) is 18.9 Å². The first-order valence-corrected chi connectivity index (χ1v) is 8.13. The molecule has 0 atom stereocenters. The Morgan fingerprint density at radius 3 is 2.04 bits per heavy atom. The summed E-state index contributed by atoms with van der Waals surface area (Å²) in [5.41, 5.74) is 0.910. The molecule has 0 spiro atoms. The lowest BCUT2D eigenvalue weighted by Crippen LogP contribution is -2.33. The number of rotatable bonds is 7. The molecular weight excluding hydrogens is 377 g/mol. The lowest BCUT2D eigenvalue weighted by atomic mass is 10.1. The van der Waals surface area contributed by atoms with Gasteiger partial charge in [-0.15, -0.1) is 0 Å². The van der Waals surface area contributed by atoms with Crippen molar-refractivity contribution in [3.63, 3.8) is 0 Å². The third-order valence-electron chi connectivity index (χ3n) is 3.51. The monoisotopic (exact) mass is 394 g/mol. The molecule has 0 aliphatic carbocycles. The predicted octanol–water partition coefficient (Wildman–Crippen LogP) is 3.20. The van der Waals surface area contributed by atoms with Crippen molar-refractivity contribution >= 4 is 23.3 Å². The summed E-state index contributed by atoms with van der Waals surface area (Å²) < 4.78 is 41.6. The highest BCUT2D eigenvalue weighted by atomic mass is 19.4. The first kappa shape index (κ1) is 20.9. The van der Waals surface area contributed by atoms with Crippen molar-refractivity contribution in [3.8, 4) is 5.75 Å². The number of nitrogens with one attached hydrogen (secondary N) is 2. The minimum Gasteiger partial charge on any atom is -0.484 e. The predicted molar refractivity (Wildman–Crippen MR) is 95.4 cm³/mol. The summed E-state index contributed by atoms with van der Waals surface area (Å²) in [5, 5.41) is 4.29. The number of hydrogen-bond donors (Lipinski definition) is 2. The van der Waals surface area contributed by atoms with Crippen LogP contribution in [0.15, 0.2) is 48.5 Å². The summed E-state index contributed by atoms with van der Waals surface area (Å²) in [5.74, 6) is -1.01. The fourth-order valence-electron chi connectivity index (χ4n) is 2.12. The SMILES string of the molecule is CC(=O)c1ccc(OCC(=O)Nc2ccc(C(=O)NCC(F)(F)F)cc2)cc1. The first-order valence-electron chi connectivity index (χ1n) is 8.13. The third kappa shape index (κ3) is 6.75. The van der Waals surface area contributed by atoms with E-state index < -0.39 is 24.5 Å². The van der Waals surface area contributed by atoms with E-state index in [-0.39, 0.29) is 18.0 Å². The van der Waals surface area contributed by atoms with Crippen LogP contribution in [0.5, 0.6) is 5.75 Å². The molecule has 6 nitrogen and oxygen atoms in total. The molecule has 0 heterocycles. The average molecular weight is 394 g/mol. The molecular formula is C19H17F3N2O4. The van der Waals surface area contributed by atoms with Crippen LogP contribution in [-0.2, 0) is 4.79 Å². The second kappa shape index (κ2) is 9.03. The molecule has 0 saturated carbocycles. The summed E-state index contributed by atoms with van der Waals surface area (Å²) in [6.45, 7) is -0.267. The van der Waals surface area contributed by atoms with E-state index in [1.165, 1.54) is 31.2 Å². The van der Waals surface area contributed by atoms with Gasteiger partial charge in [0.15, 0.2) is 12.4 Å². The molecule has 2 rings (SSSR count). The van der Waals surface area contributed by atoms with Gasteiger partial charge in [0.25, 0.3) is 11.8 Å². The van der Waals surface area contributed by atoms with Gasteiger partial charge in [-0.05, 0) is 55.5 Å². The fraction of sp³-hybridized carbons (Fsp3) is 0.211. The molecule has 2 amide bonds. The minimum atomic E-state index is -4.49. The van der Waals surface area contributed by atoms with Gasteiger partial charge in [-0.1, -0.05) is 0 Å². The normalized spacial score (nSPS) is 10.9. The molecule has 0 bridgehead atoms. The van der Waals surface area contributed by atoms with Gasteiger partial charge >= 0.3 is 6.18 Å². The van der Waals surface area contributed by atoms with Crippen LogP contribution in [0.1, 0.15) is 27.6 Å². The number of ketones is 1. The Kier molecular flexibility index (Phi) is 6.75. The highest BCUT2D eigenvalue weighted by Crippen LogP contribution is 2.15. The van der Waals surface area contributed by atoms with E-state index >= 15 is 0 Å². The largest absolute Gasteiger partial charge is 0.484 e. The van der Waals surface area contributed by atoms with Gasteiger partial charge in [-0.2, -0.15) is 13.2 Å². The van der Waals surface area contributed by atoms with Crippen LogP contribution in [0.2, 0.25) is 0 Å². The van der Waals surface area contributed by atoms with Gasteiger partial charge in [0.2, 0.25) is 0 Å². The smallest absolute Gasteiger partial charge is 0.405 e. The van der Waals surface area contributed by atoms with Gasteiger partial charge in [-0.25, -0.2) is 0 Å². The number of halogens is 3. The summed E-state index contributed by atoms with van der Waals surface area (Å²) in [4.78, 5) is 34.7. The Labute approximate surface area is 158 Å². The number of hydrogen-bond acceptors (Lipinski definition) is 4. The summed E-state index contributed by atoms with van der Waals surface area (Å²) in [6, 6.07) is 11.7. The molecule has 0 aliphatic rings. The number of ether oxygens (including phenoxy) is 1. The van der Waals surface area contributed by atoms with Crippen molar-refractivity contribution in [1.29, 1.82) is 0 Å². The number of benzene rings is 2. The molecule has 2 N–H and O–H groups in total. The number of carbonyl (C=O) groups is 3. The van der Waals surface area contributed by atoms with Gasteiger partial charge in [0, 0.05) is 16.8 Å². The maximum Gasteiger partial charge on any atom is 0.405 e. The van der Waals surface area contributed by atoms with Crippen LogP contribution in [0.25, 0.3) is 0 Å². The standard InChI is InChI=1S/C19H17F3N2O4/c1-12(25)13-4-8-16(9-5-13)28-10-17(26)24-15-6-2-14(3-7-15)18(27)23-11-19(20,21)22/h2-9H,10-11H2,1H3,(H,23,27)(H,24,26). The van der Waals surface area contributed by atoms with Crippen molar-refractivity contribution in [2.24, 2.45) is 0 Å². The molecule has 0 radical (unpaired) electrons. The van der Waals surface area contributed by atoms with Crippen LogP contribution >= 0.6 is 0 Å². The van der Waals surface area contributed by atoms with Crippen molar-refractivity contribution in [2.45, 2.75) is 13.1 Å². The van der Waals surface area contributed by atoms with Crippen molar-refractivity contribution < 1.29 is 32.3 Å². The van der Waals surface area contributed by atoms with E-state index in [4.69, 9.17) is 4.74 Å². The van der Waals surface area contributed by atoms with E-state index in [1.54, 1.807) is 29.6 Å². The van der Waals surface area contributed by atoms with E-state index in [1.807, 2.05) is 0 Å². The Morgan fingerprint density at radius 2 is 1.50 bits per heavy atom. The van der Waals surface area contributed by atoms with E-state index in [0.717, 1.165) is 0 Å². The second-order valence-corrected chi connectivity index (χ2v) is 5.79. The number of Topliss-reactive ketones (excluding diaryl/α,β-unsaturated/α-hetero) is 1. The summed E-state index contributed by atoms with van der Waals surface area (Å²) in [7, 11) is 0. The average Bonchev–Trinajstić information content (AvgIpc) is 2.65. The maximum absolute atomic E-state index is 12.1. The quantitative estimate of drug-likeness (QED) is 0.707. The zero-order valence-corrected chi connectivity index (χ0v) is 14.8. The highest BCUT2D eigenvalue weighted by Gasteiger charge is 2.27. The van der Waals surface area contributed by atoms with Crippen molar-refractivity contribution in [3.05, 3.63) is 59.7 Å². The maximum atomic E-state index is 12.1. The molecule has 0 aromatic heterocycles. The van der Waals surface area contributed by atoms with E-state index in [9.17, 15) is 27.6 Å². The Balaban J connectivity index is 1.83. The number of carbonyl (C=O) groups excluding carboxylic acids is 3. The number of alkyl halides is 3. The molecule has 0 aliphatic heterocycles. The molecule has 0 unspecified atom stereocenters. The van der Waals surface area contributed by atoms with Gasteiger partial charge < -0.3 is 15.4 Å². The number of amides is 2. The summed E-state index contributed by atoms with van der Waals surface area (Å²) >= 11 is 0. The number of anilines is 1. The van der Waals surface area contributed by atoms with E-state index in [0.29, 0.717) is 17.0 Å². The fourth-order valence-corrected chi connectivity index (χ4v) is 2.12. The molecule has 2 aromatic carbocycles. The Hall–Kier alpha value is -3.36. The molecule has 28 heavy (non-hydrogen) atoms. The lowest BCUT2D eigenvalue weighted by Gasteiger charge is -2.10. The Bertz CT molecular complexity index is 847. The van der Waals surface area contributed by atoms with Crippen LogP contribution < -0.4 is 15.4 Å². The zero-order valence-electron chi connectivity index (χ0n) is 14.8. The zero-order chi connectivity index (χ0) is 20.7. The van der Waals surface area contributed by atoms with Crippen LogP contribution in [0.3, 0.4) is 0 Å². The van der Waals surface area contributed by atoms with Gasteiger partial charge in [0.1, 0.15) is 12.3 Å². The summed E-state index contributed by atoms with van der Waals surface area (Å²) in [6.07, 6.45) is -4.49. The molecule has 0 saturated heterocycles. The van der Waals surface area contributed by atoms with Gasteiger partial charge in [0.05, 0.1) is 0 Å². The lowest BCUT2D eigenvalue weighted by molar-refractivity contribution is -0.123. The second-order valence-electron chi connectivity index (χ2n) is 5.79. The molecule has 2 aromatic rings. The highest BCUT2D eigenvalue weighted by molar-refractivity contribution is 5.96. The molecule has 148 valence electrons. The van der Waals surface area contributed by atoms with E-state index in [2.05, 4.69) is 5.32 Å². The Morgan fingerprint density at radius 1 is 0.929 bits per heavy atom. The van der Waals surface area contributed by atoms with Crippen LogP contribution in [-0.4, -0.2) is 36.9 Å². The van der Waals surface area contributed by atoms with Crippen molar-refractivity contribution in [2.75, 3.05) is 18.5 Å². The van der Waals surface area contributed by atoms with Gasteiger partial charge in [-0.3, -0.25) is 14.4 Å². The third-order valence-corrected chi connectivity index (χ3v) is 3.51. The minimum absolute atomic E-state index is 0.0315.